The molecule has 0 heterocycles. The molecular formula is C17H25ClFNO. The van der Waals surface area contributed by atoms with Crippen molar-refractivity contribution in [2.24, 2.45) is 5.73 Å². The first-order chi connectivity index (χ1) is 10.1. The largest absolute Gasteiger partial charge is 0.374 e. The monoisotopic (exact) mass is 313 g/mol. The molecular weight excluding hydrogens is 289 g/mol. The summed E-state index contributed by atoms with van der Waals surface area (Å²) in [4.78, 5) is 0. The Morgan fingerprint density at radius 3 is 2.52 bits per heavy atom. The molecule has 0 amide bonds. The quantitative estimate of drug-likeness (QED) is 0.813. The lowest BCUT2D eigenvalue weighted by Gasteiger charge is -2.38. The first kappa shape index (κ1) is 16.7. The normalized spacial score (nSPS) is 20.0. The number of hydrogen-bond acceptors (Lipinski definition) is 2. The minimum Gasteiger partial charge on any atom is -0.374 e. The van der Waals surface area contributed by atoms with Gasteiger partial charge in [-0.2, -0.15) is 0 Å². The zero-order valence-corrected chi connectivity index (χ0v) is 13.5. The van der Waals surface area contributed by atoms with Crippen LogP contribution in [0.15, 0.2) is 18.2 Å². The lowest BCUT2D eigenvalue weighted by molar-refractivity contribution is -0.0683. The second-order valence-electron chi connectivity index (χ2n) is 5.97. The molecule has 1 aromatic rings. The predicted molar refractivity (Wildman–Crippen MR) is 85.1 cm³/mol. The molecule has 0 aromatic heterocycles. The highest BCUT2D eigenvalue weighted by molar-refractivity contribution is 6.30. The third-order valence-electron chi connectivity index (χ3n) is 4.50. The van der Waals surface area contributed by atoms with Gasteiger partial charge in [-0.15, -0.1) is 0 Å². The molecule has 1 saturated carbocycles. The van der Waals surface area contributed by atoms with E-state index in [9.17, 15) is 4.39 Å². The lowest BCUT2D eigenvalue weighted by Crippen LogP contribution is -2.51. The van der Waals surface area contributed by atoms with E-state index in [2.05, 4.69) is 0 Å². The lowest BCUT2D eigenvalue weighted by atomic mass is 9.83. The number of halogens is 2. The van der Waals surface area contributed by atoms with Crippen molar-refractivity contribution in [3.63, 3.8) is 0 Å². The third-order valence-corrected chi connectivity index (χ3v) is 4.80. The molecule has 21 heavy (non-hydrogen) atoms. The van der Waals surface area contributed by atoms with Gasteiger partial charge in [0.15, 0.2) is 0 Å². The Kier molecular flexibility index (Phi) is 6.03. The molecule has 1 unspecified atom stereocenters. The molecule has 1 aliphatic rings. The van der Waals surface area contributed by atoms with Crippen LogP contribution in [0.3, 0.4) is 0 Å². The van der Waals surface area contributed by atoms with E-state index in [-0.39, 0.29) is 22.5 Å². The number of rotatable bonds is 5. The average molecular weight is 314 g/mol. The fraction of sp³-hybridized carbons (Fsp3) is 0.647. The van der Waals surface area contributed by atoms with Gasteiger partial charge >= 0.3 is 0 Å². The zero-order chi connectivity index (χ0) is 15.3. The molecule has 2 N–H and O–H groups in total. The standard InChI is InChI=1S/C17H25ClFNO/c1-2-21-17(9-5-3-4-6-10-17)16(20)12-13-7-8-14(18)15(19)11-13/h7-8,11,16H,2-6,9-10,12,20H2,1H3. The van der Waals surface area contributed by atoms with Crippen LogP contribution in [-0.2, 0) is 11.2 Å². The fourth-order valence-electron chi connectivity index (χ4n) is 3.34. The maximum Gasteiger partial charge on any atom is 0.142 e. The molecule has 0 spiro atoms. The van der Waals surface area contributed by atoms with Gasteiger partial charge in [-0.05, 0) is 43.9 Å². The summed E-state index contributed by atoms with van der Waals surface area (Å²) in [5, 5.41) is 0.154. The highest BCUT2D eigenvalue weighted by atomic mass is 35.5. The smallest absolute Gasteiger partial charge is 0.142 e. The molecule has 2 rings (SSSR count). The Bertz CT molecular complexity index is 458. The molecule has 0 aliphatic heterocycles. The van der Waals surface area contributed by atoms with Crippen molar-refractivity contribution in [1.82, 2.24) is 0 Å². The van der Waals surface area contributed by atoms with Crippen molar-refractivity contribution >= 4 is 11.6 Å². The Hall–Kier alpha value is -0.640. The highest BCUT2D eigenvalue weighted by Crippen LogP contribution is 2.34. The maximum atomic E-state index is 13.6. The van der Waals surface area contributed by atoms with Crippen LogP contribution in [0.1, 0.15) is 51.0 Å². The predicted octanol–water partition coefficient (Wildman–Crippen LogP) is 4.48. The van der Waals surface area contributed by atoms with E-state index < -0.39 is 0 Å². The van der Waals surface area contributed by atoms with Crippen LogP contribution >= 0.6 is 11.6 Å². The molecule has 1 fully saturated rings. The van der Waals surface area contributed by atoms with Gasteiger partial charge in [0.2, 0.25) is 0 Å². The van der Waals surface area contributed by atoms with Crippen LogP contribution in [0.2, 0.25) is 5.02 Å². The van der Waals surface area contributed by atoms with E-state index in [1.807, 2.05) is 13.0 Å². The van der Waals surface area contributed by atoms with Crippen molar-refractivity contribution in [2.45, 2.75) is 63.5 Å². The van der Waals surface area contributed by atoms with Gasteiger partial charge in [0.1, 0.15) is 5.82 Å². The Morgan fingerprint density at radius 2 is 1.95 bits per heavy atom. The topological polar surface area (TPSA) is 35.2 Å². The SMILES string of the molecule is CCOC1(C(N)Cc2ccc(Cl)c(F)c2)CCCCCC1. The average Bonchev–Trinajstić information content (AvgIpc) is 2.70. The summed E-state index contributed by atoms with van der Waals surface area (Å²) in [7, 11) is 0. The van der Waals surface area contributed by atoms with Gasteiger partial charge in [-0.25, -0.2) is 4.39 Å². The molecule has 118 valence electrons. The second kappa shape index (κ2) is 7.57. The van der Waals surface area contributed by atoms with Gasteiger partial charge in [0, 0.05) is 12.6 Å². The third kappa shape index (κ3) is 4.18. The molecule has 1 aliphatic carbocycles. The van der Waals surface area contributed by atoms with Crippen LogP contribution in [-0.4, -0.2) is 18.2 Å². The van der Waals surface area contributed by atoms with E-state index >= 15 is 0 Å². The number of ether oxygens (including phenoxy) is 1. The second-order valence-corrected chi connectivity index (χ2v) is 6.38. The molecule has 1 atom stereocenters. The first-order valence-electron chi connectivity index (χ1n) is 7.91. The number of benzene rings is 1. The van der Waals surface area contributed by atoms with Crippen molar-refractivity contribution < 1.29 is 9.13 Å². The molecule has 4 heteroatoms. The van der Waals surface area contributed by atoms with Gasteiger partial charge in [-0.1, -0.05) is 43.4 Å². The van der Waals surface area contributed by atoms with E-state index in [1.165, 1.54) is 18.9 Å². The fourth-order valence-corrected chi connectivity index (χ4v) is 3.46. The molecule has 0 radical (unpaired) electrons. The van der Waals surface area contributed by atoms with Crippen LogP contribution < -0.4 is 5.73 Å². The van der Waals surface area contributed by atoms with Crippen LogP contribution in [0.4, 0.5) is 4.39 Å². The van der Waals surface area contributed by atoms with Crippen LogP contribution in [0, 0.1) is 5.82 Å². The van der Waals surface area contributed by atoms with E-state index in [4.69, 9.17) is 22.1 Å². The van der Waals surface area contributed by atoms with Crippen LogP contribution in [0.5, 0.6) is 0 Å². The summed E-state index contributed by atoms with van der Waals surface area (Å²) in [6.07, 6.45) is 7.42. The molecule has 0 bridgehead atoms. The van der Waals surface area contributed by atoms with E-state index in [0.717, 1.165) is 31.2 Å². The van der Waals surface area contributed by atoms with Gasteiger partial charge in [-0.3, -0.25) is 0 Å². The van der Waals surface area contributed by atoms with Crippen molar-refractivity contribution in [3.8, 4) is 0 Å². The number of hydrogen-bond donors (Lipinski definition) is 1. The first-order valence-corrected chi connectivity index (χ1v) is 8.28. The van der Waals surface area contributed by atoms with E-state index in [1.54, 1.807) is 6.07 Å². The molecule has 2 nitrogen and oxygen atoms in total. The summed E-state index contributed by atoms with van der Waals surface area (Å²) in [6, 6.07) is 4.82. The van der Waals surface area contributed by atoms with Crippen molar-refractivity contribution in [3.05, 3.63) is 34.6 Å². The van der Waals surface area contributed by atoms with E-state index in [0.29, 0.717) is 13.0 Å². The summed E-state index contributed by atoms with van der Waals surface area (Å²) in [5.41, 5.74) is 7.10. The molecule has 0 saturated heterocycles. The van der Waals surface area contributed by atoms with Crippen molar-refractivity contribution in [1.29, 1.82) is 0 Å². The Morgan fingerprint density at radius 1 is 1.29 bits per heavy atom. The maximum absolute atomic E-state index is 13.6. The van der Waals surface area contributed by atoms with Gasteiger partial charge in [0.25, 0.3) is 0 Å². The minimum absolute atomic E-state index is 0.115. The zero-order valence-electron chi connectivity index (χ0n) is 12.7. The highest BCUT2D eigenvalue weighted by Gasteiger charge is 2.37. The number of nitrogens with two attached hydrogens (primary N) is 1. The summed E-state index contributed by atoms with van der Waals surface area (Å²) < 4.78 is 19.7. The molecule has 1 aromatic carbocycles. The Labute approximate surface area is 131 Å². The van der Waals surface area contributed by atoms with Crippen molar-refractivity contribution in [2.75, 3.05) is 6.61 Å². The summed E-state index contributed by atoms with van der Waals surface area (Å²) in [6.45, 7) is 2.68. The van der Waals surface area contributed by atoms with Gasteiger partial charge in [0.05, 0.1) is 10.6 Å². The van der Waals surface area contributed by atoms with Crippen LogP contribution in [0.25, 0.3) is 0 Å². The summed E-state index contributed by atoms with van der Waals surface area (Å²) in [5.74, 6) is -0.382. The Balaban J connectivity index is 2.13. The minimum atomic E-state index is -0.382. The van der Waals surface area contributed by atoms with Gasteiger partial charge < -0.3 is 10.5 Å². The summed E-state index contributed by atoms with van der Waals surface area (Å²) >= 11 is 5.73.